The van der Waals surface area contributed by atoms with Crippen molar-refractivity contribution in [1.29, 1.82) is 0 Å². The predicted molar refractivity (Wildman–Crippen MR) is 82.7 cm³/mol. The highest BCUT2D eigenvalue weighted by Gasteiger charge is 2.09. The largest absolute Gasteiger partial charge is 0.496 e. The Hall–Kier alpha value is -0.580. The van der Waals surface area contributed by atoms with Crippen LogP contribution in [0.5, 0.6) is 5.75 Å². The summed E-state index contributed by atoms with van der Waals surface area (Å²) >= 11 is 3.51. The molecule has 1 aliphatic heterocycles. The molecule has 19 heavy (non-hydrogen) atoms. The van der Waals surface area contributed by atoms with Gasteiger partial charge < -0.3 is 15.0 Å². The van der Waals surface area contributed by atoms with Crippen molar-refractivity contribution in [2.45, 2.75) is 25.8 Å². The van der Waals surface area contributed by atoms with Crippen LogP contribution in [0.4, 0.5) is 0 Å². The van der Waals surface area contributed by atoms with Gasteiger partial charge in [-0.25, -0.2) is 0 Å². The number of halogens is 1. The first-order valence-electron chi connectivity index (χ1n) is 7.05. The fourth-order valence-electron chi connectivity index (χ4n) is 2.53. The minimum Gasteiger partial charge on any atom is -0.496 e. The third kappa shape index (κ3) is 4.79. The predicted octanol–water partition coefficient (Wildman–Crippen LogP) is 3.03. The first kappa shape index (κ1) is 14.8. The van der Waals surface area contributed by atoms with E-state index in [2.05, 4.69) is 32.2 Å². The lowest BCUT2D eigenvalue weighted by atomic mass is 10.1. The first-order valence-corrected chi connectivity index (χ1v) is 7.84. The number of hydrogen-bond acceptors (Lipinski definition) is 3. The fourth-order valence-corrected chi connectivity index (χ4v) is 2.94. The number of likely N-dealkylation sites (tertiary alicyclic amines) is 1. The van der Waals surface area contributed by atoms with Gasteiger partial charge in [-0.2, -0.15) is 0 Å². The van der Waals surface area contributed by atoms with Crippen LogP contribution in [-0.2, 0) is 6.54 Å². The molecular weight excluding hydrogens is 304 g/mol. The second-order valence-corrected chi connectivity index (χ2v) is 5.95. The van der Waals surface area contributed by atoms with E-state index in [0.717, 1.165) is 29.9 Å². The van der Waals surface area contributed by atoms with Gasteiger partial charge in [0.15, 0.2) is 0 Å². The van der Waals surface area contributed by atoms with Crippen LogP contribution in [0.3, 0.4) is 0 Å². The molecule has 1 N–H and O–H groups in total. The highest BCUT2D eigenvalue weighted by atomic mass is 79.9. The average molecular weight is 327 g/mol. The van der Waals surface area contributed by atoms with E-state index in [-0.39, 0.29) is 0 Å². The summed E-state index contributed by atoms with van der Waals surface area (Å²) in [4.78, 5) is 2.55. The fraction of sp³-hybridized carbons (Fsp3) is 0.600. The van der Waals surface area contributed by atoms with Crippen LogP contribution in [0.25, 0.3) is 0 Å². The molecule has 0 unspecified atom stereocenters. The first-order chi connectivity index (χ1) is 9.29. The summed E-state index contributed by atoms with van der Waals surface area (Å²) in [6.45, 7) is 5.58. The molecule has 3 nitrogen and oxygen atoms in total. The normalized spacial score (nSPS) is 16.5. The summed E-state index contributed by atoms with van der Waals surface area (Å²) in [6.07, 6.45) is 4.12. The highest BCUT2D eigenvalue weighted by Crippen LogP contribution is 2.22. The molecule has 2 rings (SSSR count). The molecule has 1 aliphatic rings. The Morgan fingerprint density at radius 1 is 1.26 bits per heavy atom. The maximum Gasteiger partial charge on any atom is 0.123 e. The van der Waals surface area contributed by atoms with Gasteiger partial charge in [0.05, 0.1) is 7.11 Å². The molecule has 0 aromatic heterocycles. The molecule has 1 aromatic carbocycles. The summed E-state index contributed by atoms with van der Waals surface area (Å²) in [5.41, 5.74) is 1.20. The minimum atomic E-state index is 0.858. The third-order valence-electron chi connectivity index (χ3n) is 3.61. The number of methoxy groups -OCH3 is 1. The Labute approximate surface area is 124 Å². The summed E-state index contributed by atoms with van der Waals surface area (Å²) in [6, 6.07) is 6.13. The van der Waals surface area contributed by atoms with Crippen LogP contribution in [0, 0.1) is 0 Å². The number of piperidine rings is 1. The van der Waals surface area contributed by atoms with E-state index in [1.165, 1.54) is 37.9 Å². The number of hydrogen-bond donors (Lipinski definition) is 1. The third-order valence-corrected chi connectivity index (χ3v) is 4.10. The van der Waals surface area contributed by atoms with Crippen molar-refractivity contribution in [3.63, 3.8) is 0 Å². The Morgan fingerprint density at radius 3 is 2.79 bits per heavy atom. The zero-order valence-corrected chi connectivity index (χ0v) is 13.2. The number of benzene rings is 1. The van der Waals surface area contributed by atoms with Gasteiger partial charge in [0.1, 0.15) is 5.75 Å². The molecule has 0 atom stereocenters. The van der Waals surface area contributed by atoms with Crippen molar-refractivity contribution in [3.05, 3.63) is 28.2 Å². The van der Waals surface area contributed by atoms with Crippen molar-refractivity contribution in [2.75, 3.05) is 33.3 Å². The van der Waals surface area contributed by atoms with Crippen LogP contribution in [0.1, 0.15) is 24.8 Å². The monoisotopic (exact) mass is 326 g/mol. The lowest BCUT2D eigenvalue weighted by molar-refractivity contribution is 0.229. The van der Waals surface area contributed by atoms with Crippen molar-refractivity contribution in [2.24, 2.45) is 0 Å². The van der Waals surface area contributed by atoms with Crippen LogP contribution >= 0.6 is 15.9 Å². The molecule has 0 radical (unpaired) electrons. The molecule has 1 heterocycles. The summed E-state index contributed by atoms with van der Waals surface area (Å²) in [7, 11) is 1.72. The maximum atomic E-state index is 5.38. The van der Waals surface area contributed by atoms with Gasteiger partial charge in [-0.15, -0.1) is 0 Å². The molecule has 1 aromatic rings. The van der Waals surface area contributed by atoms with Gasteiger partial charge >= 0.3 is 0 Å². The van der Waals surface area contributed by atoms with Gasteiger partial charge in [-0.3, -0.25) is 0 Å². The zero-order valence-electron chi connectivity index (χ0n) is 11.6. The molecular formula is C15H23BrN2O. The quantitative estimate of drug-likeness (QED) is 0.813. The summed E-state index contributed by atoms with van der Waals surface area (Å²) < 4.78 is 6.47. The average Bonchev–Trinajstić information content (AvgIpc) is 2.45. The Balaban J connectivity index is 1.74. The van der Waals surface area contributed by atoms with Crippen LogP contribution in [0.15, 0.2) is 22.7 Å². The van der Waals surface area contributed by atoms with Crippen molar-refractivity contribution in [3.8, 4) is 5.75 Å². The van der Waals surface area contributed by atoms with E-state index in [9.17, 15) is 0 Å². The maximum absolute atomic E-state index is 5.38. The lowest BCUT2D eigenvalue weighted by Crippen LogP contribution is -2.35. The Morgan fingerprint density at radius 2 is 2.05 bits per heavy atom. The van der Waals surface area contributed by atoms with E-state index in [1.54, 1.807) is 7.11 Å². The van der Waals surface area contributed by atoms with E-state index in [0.29, 0.717) is 0 Å². The molecule has 0 amide bonds. The van der Waals surface area contributed by atoms with Crippen LogP contribution < -0.4 is 10.1 Å². The van der Waals surface area contributed by atoms with Gasteiger partial charge in [0, 0.05) is 29.7 Å². The molecule has 0 saturated carbocycles. The molecule has 0 aliphatic carbocycles. The Kier molecular flexibility index (Phi) is 6.14. The van der Waals surface area contributed by atoms with E-state index >= 15 is 0 Å². The van der Waals surface area contributed by atoms with E-state index in [1.807, 2.05) is 12.1 Å². The van der Waals surface area contributed by atoms with Crippen LogP contribution in [-0.4, -0.2) is 38.2 Å². The molecule has 0 spiro atoms. The zero-order chi connectivity index (χ0) is 13.5. The second kappa shape index (κ2) is 7.88. The van der Waals surface area contributed by atoms with Gasteiger partial charge in [0.2, 0.25) is 0 Å². The molecule has 4 heteroatoms. The van der Waals surface area contributed by atoms with E-state index < -0.39 is 0 Å². The number of ether oxygens (including phenoxy) is 1. The molecule has 1 saturated heterocycles. The van der Waals surface area contributed by atoms with Crippen LogP contribution in [0.2, 0.25) is 0 Å². The Bertz CT molecular complexity index is 392. The standard InChI is InChI=1S/C15H23BrN2O/c1-19-15-6-5-14(16)11-13(15)12-17-7-10-18-8-3-2-4-9-18/h5-6,11,17H,2-4,7-10,12H2,1H3. The summed E-state index contributed by atoms with van der Waals surface area (Å²) in [5, 5.41) is 3.51. The van der Waals surface area contributed by atoms with E-state index in [4.69, 9.17) is 4.74 Å². The summed E-state index contributed by atoms with van der Waals surface area (Å²) in [5.74, 6) is 0.952. The van der Waals surface area contributed by atoms with Crippen molar-refractivity contribution in [1.82, 2.24) is 10.2 Å². The molecule has 1 fully saturated rings. The van der Waals surface area contributed by atoms with Gasteiger partial charge in [0.25, 0.3) is 0 Å². The molecule has 106 valence electrons. The lowest BCUT2D eigenvalue weighted by Gasteiger charge is -2.26. The minimum absolute atomic E-state index is 0.858. The van der Waals surface area contributed by atoms with Gasteiger partial charge in [-0.05, 0) is 44.1 Å². The highest BCUT2D eigenvalue weighted by molar-refractivity contribution is 9.10. The molecule has 0 bridgehead atoms. The topological polar surface area (TPSA) is 24.5 Å². The van der Waals surface area contributed by atoms with Gasteiger partial charge in [-0.1, -0.05) is 22.4 Å². The smallest absolute Gasteiger partial charge is 0.123 e. The number of rotatable bonds is 6. The SMILES string of the molecule is COc1ccc(Br)cc1CNCCN1CCCCC1. The number of nitrogens with one attached hydrogen (secondary N) is 1. The number of nitrogens with zero attached hydrogens (tertiary/aromatic N) is 1. The van der Waals surface area contributed by atoms with Crippen molar-refractivity contribution < 1.29 is 4.74 Å². The van der Waals surface area contributed by atoms with Crippen molar-refractivity contribution >= 4 is 15.9 Å². The second-order valence-electron chi connectivity index (χ2n) is 5.04.